The van der Waals surface area contributed by atoms with Gasteiger partial charge in [-0.25, -0.2) is 15.0 Å². The number of benzene rings is 15. The first-order valence-electron chi connectivity index (χ1n) is 37.7. The van der Waals surface area contributed by atoms with Crippen LogP contribution in [0.4, 0.5) is 0 Å². The van der Waals surface area contributed by atoms with Gasteiger partial charge in [0.25, 0.3) is 0 Å². The second-order valence-corrected chi connectivity index (χ2v) is 30.9. The van der Waals surface area contributed by atoms with E-state index in [1.165, 1.54) is 127 Å². The van der Waals surface area contributed by atoms with Crippen molar-refractivity contribution < 1.29 is 0 Å². The van der Waals surface area contributed by atoms with E-state index in [9.17, 15) is 0 Å². The van der Waals surface area contributed by atoms with Crippen LogP contribution in [-0.4, -0.2) is 28.7 Å². The summed E-state index contributed by atoms with van der Waals surface area (Å²) in [6, 6.07) is 123. The van der Waals surface area contributed by atoms with E-state index in [1.54, 1.807) is 0 Å². The van der Waals surface area contributed by atoms with Crippen LogP contribution in [0.15, 0.2) is 334 Å². The Morgan fingerprint density at radius 3 is 0.926 bits per heavy atom. The Bertz CT molecular complexity index is 6420. The van der Waals surface area contributed by atoms with Crippen molar-refractivity contribution in [3.05, 3.63) is 361 Å². The third kappa shape index (κ3) is 9.83. The zero-order valence-corrected chi connectivity index (χ0v) is 61.0. The number of rotatable bonds is 11. The summed E-state index contributed by atoms with van der Waals surface area (Å²) in [6.45, 7) is 13.9. The third-order valence-electron chi connectivity index (χ3n) is 23.7. The lowest BCUT2D eigenvalue weighted by Gasteiger charge is -2.21. The van der Waals surface area contributed by atoms with Crippen LogP contribution in [0.5, 0.6) is 0 Å². The van der Waals surface area contributed by atoms with Crippen LogP contribution < -0.4 is 0 Å². The number of nitrogens with zero attached hydrogens (tertiary/aromatic N) is 6. The van der Waals surface area contributed by atoms with Crippen LogP contribution in [0, 0.1) is 0 Å². The molecule has 0 fully saturated rings. The quantitative estimate of drug-likeness (QED) is 0.130. The zero-order chi connectivity index (χ0) is 72.3. The maximum absolute atomic E-state index is 5.56. The lowest BCUT2D eigenvalue weighted by Crippen LogP contribution is -2.14. The van der Waals surface area contributed by atoms with Crippen LogP contribution in [0.1, 0.15) is 75.3 Å². The van der Waals surface area contributed by atoms with Gasteiger partial charge in [0.05, 0.1) is 33.1 Å². The molecule has 0 bridgehead atoms. The molecule has 6 heteroatoms. The summed E-state index contributed by atoms with van der Waals surface area (Å²) in [5.74, 6) is 2.09. The normalized spacial score (nSPS) is 13.3. The monoisotopic (exact) mass is 1380 g/mol. The van der Waals surface area contributed by atoms with E-state index >= 15 is 0 Å². The van der Waals surface area contributed by atoms with Crippen LogP contribution in [0.3, 0.4) is 0 Å². The van der Waals surface area contributed by atoms with E-state index in [2.05, 4.69) is 389 Å². The van der Waals surface area contributed by atoms with Crippen LogP contribution in [0.25, 0.3) is 183 Å². The minimum Gasteiger partial charge on any atom is -0.309 e. The molecule has 4 aromatic heterocycles. The van der Waals surface area contributed by atoms with E-state index in [0.29, 0.717) is 23.4 Å². The Hall–Kier alpha value is -13.3. The first kappa shape index (κ1) is 63.2. The summed E-state index contributed by atoms with van der Waals surface area (Å²) in [4.78, 5) is 16.7. The average molecular weight is 1380 g/mol. The number of fused-ring (bicyclic) bond motifs is 15. The van der Waals surface area contributed by atoms with Gasteiger partial charge in [-0.05, 0) is 210 Å². The van der Waals surface area contributed by atoms with Gasteiger partial charge in [-0.1, -0.05) is 266 Å². The van der Waals surface area contributed by atoms with Gasteiger partial charge in [-0.2, -0.15) is 0 Å². The fourth-order valence-corrected chi connectivity index (χ4v) is 18.3. The number of para-hydroxylation sites is 3. The molecular formula is C102H74N6. The van der Waals surface area contributed by atoms with Gasteiger partial charge in [0, 0.05) is 76.9 Å². The first-order valence-corrected chi connectivity index (χ1v) is 37.7. The molecule has 2 aliphatic rings. The van der Waals surface area contributed by atoms with E-state index in [1.807, 2.05) is 0 Å². The highest BCUT2D eigenvalue weighted by molar-refractivity contribution is 6.13. The van der Waals surface area contributed by atoms with Crippen molar-refractivity contribution in [3.8, 4) is 118 Å². The number of aromatic nitrogens is 6. The van der Waals surface area contributed by atoms with Crippen LogP contribution in [-0.2, 0) is 10.8 Å². The van der Waals surface area contributed by atoms with Crippen molar-refractivity contribution in [2.45, 2.75) is 58.3 Å². The highest BCUT2D eigenvalue weighted by Crippen LogP contribution is 2.52. The molecule has 0 unspecified atom stereocenters. The Labute approximate surface area is 627 Å². The Balaban J connectivity index is 0.700. The minimum atomic E-state index is -0.0633. The second-order valence-electron chi connectivity index (χ2n) is 30.9. The molecule has 6 nitrogen and oxygen atoms in total. The van der Waals surface area contributed by atoms with Crippen molar-refractivity contribution in [2.24, 2.45) is 0 Å². The summed E-state index contributed by atoms with van der Waals surface area (Å²) in [5.41, 5.74) is 34.0. The van der Waals surface area contributed by atoms with E-state index in [0.717, 1.165) is 66.9 Å². The van der Waals surface area contributed by atoms with Gasteiger partial charge < -0.3 is 13.7 Å². The fourth-order valence-electron chi connectivity index (χ4n) is 18.3. The summed E-state index contributed by atoms with van der Waals surface area (Å²) in [5, 5.41) is 7.12. The molecule has 4 heterocycles. The number of hydrogen-bond acceptors (Lipinski definition) is 3. The zero-order valence-electron chi connectivity index (χ0n) is 61.0. The lowest BCUT2D eigenvalue weighted by atomic mass is 9.82. The molecule has 2 aliphatic carbocycles. The van der Waals surface area contributed by atoms with E-state index < -0.39 is 0 Å². The predicted molar refractivity (Wildman–Crippen MR) is 450 cm³/mol. The summed E-state index contributed by atoms with van der Waals surface area (Å²) < 4.78 is 7.19. The Morgan fingerprint density at radius 1 is 0.222 bits per heavy atom. The summed E-state index contributed by atoms with van der Waals surface area (Å²) in [6.07, 6.45) is 0. The molecule has 0 spiro atoms. The average Bonchev–Trinajstić information content (AvgIpc) is 1.57. The van der Waals surface area contributed by atoms with Gasteiger partial charge in [0.15, 0.2) is 17.5 Å². The topological polar surface area (TPSA) is 53.5 Å². The molecule has 19 aromatic rings. The highest BCUT2D eigenvalue weighted by atomic mass is 15.0. The SMILES string of the molecule is CC(C)c1ccc(-c2ccc3c(c2)c2ccccc2n3-c2cccc(-c3nc(-c4cccc(-n5c6ccccc6c6cc(-c7ccc8c(c7)-c7ccccc7C8(C)C)ccc65)c4)nc(-c4cccc(-n5c6ccccc6c6cc(-c7ccc8c(c7)-c7ccccc7C8(C)C)ccc65)c4)n3)c2)cc1-c1ccccc1. The molecule has 0 radical (unpaired) electrons. The number of hydrogen-bond donors (Lipinski definition) is 0. The third-order valence-corrected chi connectivity index (χ3v) is 23.7. The van der Waals surface area contributed by atoms with Gasteiger partial charge in [-0.3, -0.25) is 0 Å². The van der Waals surface area contributed by atoms with Crippen molar-refractivity contribution >= 4 is 65.4 Å². The highest BCUT2D eigenvalue weighted by Gasteiger charge is 2.37. The smallest absolute Gasteiger partial charge is 0.164 e. The molecule has 0 amide bonds. The van der Waals surface area contributed by atoms with Crippen molar-refractivity contribution in [1.29, 1.82) is 0 Å². The molecule has 108 heavy (non-hydrogen) atoms. The van der Waals surface area contributed by atoms with Crippen LogP contribution in [0.2, 0.25) is 0 Å². The largest absolute Gasteiger partial charge is 0.309 e. The predicted octanol–water partition coefficient (Wildman–Crippen LogP) is 26.6. The summed E-state index contributed by atoms with van der Waals surface area (Å²) >= 11 is 0. The van der Waals surface area contributed by atoms with Gasteiger partial charge in [0.1, 0.15) is 0 Å². The molecule has 0 aliphatic heterocycles. The van der Waals surface area contributed by atoms with Gasteiger partial charge >= 0.3 is 0 Å². The maximum atomic E-state index is 5.56. The van der Waals surface area contributed by atoms with Crippen molar-refractivity contribution in [3.63, 3.8) is 0 Å². The van der Waals surface area contributed by atoms with E-state index in [4.69, 9.17) is 15.0 Å². The molecule has 0 saturated carbocycles. The Morgan fingerprint density at radius 2 is 0.528 bits per heavy atom. The molecule has 15 aromatic carbocycles. The Kier molecular flexibility index (Phi) is 14.1. The van der Waals surface area contributed by atoms with Crippen molar-refractivity contribution in [1.82, 2.24) is 28.7 Å². The van der Waals surface area contributed by atoms with Crippen molar-refractivity contribution in [2.75, 3.05) is 0 Å². The molecular weight excluding hydrogens is 1310 g/mol. The lowest BCUT2D eigenvalue weighted by molar-refractivity contribution is 0.660. The summed E-state index contributed by atoms with van der Waals surface area (Å²) in [7, 11) is 0. The molecule has 512 valence electrons. The van der Waals surface area contributed by atoms with Gasteiger partial charge in [0.2, 0.25) is 0 Å². The first-order chi connectivity index (χ1) is 52.9. The van der Waals surface area contributed by atoms with E-state index in [-0.39, 0.29) is 10.8 Å². The molecule has 0 atom stereocenters. The minimum absolute atomic E-state index is 0.0633. The molecule has 0 N–H and O–H groups in total. The fraction of sp³-hybridized carbons (Fsp3) is 0.0882. The maximum Gasteiger partial charge on any atom is 0.164 e. The standard InChI is InChI=1S/C102H74N6/c1-62(2)76-47-41-64(56-82(76)63-23-8-7-9-24-63)67-44-50-95-85(59-67)79-33-12-17-38-92(79)106(95)73-28-20-25-70(53-73)98-103-99(71-26-21-29-74(54-71)107-93-39-18-13-34-80(93)86-60-68(45-51-96(86)107)65-42-48-90-83(57-65)77-31-10-15-36-88(77)101(90,3)4)105-100(104-98)72-27-22-30-75(55-72)108-94-40-19-14-35-81(94)87-61-69(46-52-97(87)108)66-43-49-91-84(58-66)78-32-11-16-37-89(78)102(91,5)6/h7-62H,1-6H3. The van der Waals surface area contributed by atoms with Gasteiger partial charge in [-0.15, -0.1) is 0 Å². The second kappa shape index (κ2) is 24.1. The van der Waals surface area contributed by atoms with Crippen LogP contribution >= 0.6 is 0 Å². The molecule has 0 saturated heterocycles. The molecule has 21 rings (SSSR count).